The maximum atomic E-state index is 14.1. The lowest BCUT2D eigenvalue weighted by Gasteiger charge is -2.15. The Kier molecular flexibility index (Phi) is 11.9. The van der Waals surface area contributed by atoms with Gasteiger partial charge in [-0.15, -0.1) is 0 Å². The highest BCUT2D eigenvalue weighted by Gasteiger charge is 2.28. The lowest BCUT2D eigenvalue weighted by atomic mass is 10.1. The standard InChI is InChI=1S/C34H42N8O8S/c1-7-11-23-27(29(31(35)43)41(5)39-23)37-33(45)21-17-19(13-15-25(21)49-9-3)51(47,48)20-14-16-26(50-10-4)22(18-20)34(46)38-28-24(12-8-2)40-42(6)30(28)32(36)44/h13-18H,7-12H2,1-6H3,(H2,35,43)(H2,36,44)(H,37,45)(H,38,46). The van der Waals surface area contributed by atoms with Crippen LogP contribution in [0.1, 0.15) is 93.6 Å². The number of benzene rings is 2. The second kappa shape index (κ2) is 15.9. The van der Waals surface area contributed by atoms with Crippen LogP contribution < -0.4 is 31.6 Å². The number of carbonyl (C=O) groups excluding carboxylic acids is 4. The summed E-state index contributed by atoms with van der Waals surface area (Å²) in [5, 5.41) is 14.0. The fourth-order valence-corrected chi connectivity index (χ4v) is 6.89. The molecular formula is C34H42N8O8S. The van der Waals surface area contributed by atoms with Crippen molar-refractivity contribution < 1.29 is 37.1 Å². The maximum absolute atomic E-state index is 14.1. The van der Waals surface area contributed by atoms with Crippen LogP contribution in [0.4, 0.5) is 11.4 Å². The Hall–Kier alpha value is -5.71. The summed E-state index contributed by atoms with van der Waals surface area (Å²) in [6, 6.07) is 7.55. The molecule has 0 saturated carbocycles. The summed E-state index contributed by atoms with van der Waals surface area (Å²) in [6.07, 6.45) is 2.18. The van der Waals surface area contributed by atoms with E-state index in [4.69, 9.17) is 20.9 Å². The normalized spacial score (nSPS) is 11.3. The third kappa shape index (κ3) is 7.88. The molecule has 0 aliphatic carbocycles. The van der Waals surface area contributed by atoms with Gasteiger partial charge < -0.3 is 31.6 Å². The molecule has 6 N–H and O–H groups in total. The minimum atomic E-state index is -4.38. The summed E-state index contributed by atoms with van der Waals surface area (Å²) in [5.41, 5.74) is 12.0. The third-order valence-electron chi connectivity index (χ3n) is 7.77. The van der Waals surface area contributed by atoms with Crippen LogP contribution in [0.15, 0.2) is 46.2 Å². The van der Waals surface area contributed by atoms with E-state index < -0.39 is 33.5 Å². The summed E-state index contributed by atoms with van der Waals surface area (Å²) < 4.78 is 42.1. The predicted molar refractivity (Wildman–Crippen MR) is 188 cm³/mol. The van der Waals surface area contributed by atoms with Gasteiger partial charge in [0.15, 0.2) is 0 Å². The van der Waals surface area contributed by atoms with Crippen LogP contribution in [0.2, 0.25) is 0 Å². The van der Waals surface area contributed by atoms with Gasteiger partial charge in [0.05, 0.1) is 56.9 Å². The Balaban J connectivity index is 1.78. The van der Waals surface area contributed by atoms with E-state index in [0.29, 0.717) is 37.1 Å². The van der Waals surface area contributed by atoms with E-state index in [0.717, 1.165) is 12.1 Å². The van der Waals surface area contributed by atoms with Crippen molar-refractivity contribution in [1.29, 1.82) is 0 Å². The number of amides is 4. The van der Waals surface area contributed by atoms with Crippen molar-refractivity contribution in [2.75, 3.05) is 23.8 Å². The largest absolute Gasteiger partial charge is 0.493 e. The first-order valence-corrected chi connectivity index (χ1v) is 17.8. The average Bonchev–Trinajstić information content (AvgIpc) is 3.55. The van der Waals surface area contributed by atoms with E-state index in [1.807, 2.05) is 13.8 Å². The lowest BCUT2D eigenvalue weighted by molar-refractivity contribution is 0.0981. The molecule has 0 unspecified atom stereocenters. The summed E-state index contributed by atoms with van der Waals surface area (Å²) in [7, 11) is -1.33. The molecular weight excluding hydrogens is 680 g/mol. The highest BCUT2D eigenvalue weighted by atomic mass is 32.2. The molecule has 0 aliphatic rings. The summed E-state index contributed by atoms with van der Waals surface area (Å²) in [5.74, 6) is -2.97. The van der Waals surface area contributed by atoms with Crippen LogP contribution in [0, 0.1) is 0 Å². The molecule has 16 nitrogen and oxygen atoms in total. The fourth-order valence-electron chi connectivity index (χ4n) is 5.58. The molecule has 4 amide bonds. The van der Waals surface area contributed by atoms with Gasteiger partial charge in [0.1, 0.15) is 22.9 Å². The van der Waals surface area contributed by atoms with Crippen LogP contribution in [-0.2, 0) is 36.8 Å². The molecule has 2 aromatic heterocycles. The predicted octanol–water partition coefficient (Wildman–Crippen LogP) is 3.39. The van der Waals surface area contributed by atoms with Crippen LogP contribution in [0.5, 0.6) is 11.5 Å². The molecule has 0 bridgehead atoms. The van der Waals surface area contributed by atoms with E-state index in [1.165, 1.54) is 47.7 Å². The van der Waals surface area contributed by atoms with E-state index >= 15 is 0 Å². The number of primary amides is 2. The Bertz CT molecular complexity index is 1960. The van der Waals surface area contributed by atoms with E-state index in [-0.39, 0.29) is 68.4 Å². The average molecular weight is 723 g/mol. The van der Waals surface area contributed by atoms with Gasteiger partial charge in [-0.3, -0.25) is 28.5 Å². The van der Waals surface area contributed by atoms with Crippen molar-refractivity contribution in [3.8, 4) is 11.5 Å². The Morgan fingerprint density at radius 2 is 1.06 bits per heavy atom. The number of nitrogens with one attached hydrogen (secondary N) is 2. The monoisotopic (exact) mass is 722 g/mol. The molecule has 0 spiro atoms. The first-order chi connectivity index (χ1) is 24.2. The lowest BCUT2D eigenvalue weighted by Crippen LogP contribution is -2.21. The molecule has 0 aliphatic heterocycles. The van der Waals surface area contributed by atoms with Crippen LogP contribution in [0.3, 0.4) is 0 Å². The number of ether oxygens (including phenoxy) is 2. The van der Waals surface area contributed by atoms with Gasteiger partial charge in [0.25, 0.3) is 23.6 Å². The molecule has 272 valence electrons. The van der Waals surface area contributed by atoms with Crippen molar-refractivity contribution in [2.45, 2.75) is 63.2 Å². The number of nitrogens with two attached hydrogens (primary N) is 2. The molecule has 0 fully saturated rings. The number of sulfone groups is 1. The van der Waals surface area contributed by atoms with E-state index in [9.17, 15) is 27.6 Å². The number of aryl methyl sites for hydroxylation is 4. The van der Waals surface area contributed by atoms with Crippen molar-refractivity contribution in [3.05, 3.63) is 70.3 Å². The Labute approximate surface area is 295 Å². The third-order valence-corrected chi connectivity index (χ3v) is 9.52. The quantitative estimate of drug-likeness (QED) is 0.132. The smallest absolute Gasteiger partial charge is 0.269 e. The maximum Gasteiger partial charge on any atom is 0.269 e. The van der Waals surface area contributed by atoms with Crippen molar-refractivity contribution in [3.63, 3.8) is 0 Å². The molecule has 4 aromatic rings. The number of hydrogen-bond acceptors (Lipinski definition) is 10. The van der Waals surface area contributed by atoms with Gasteiger partial charge in [-0.2, -0.15) is 10.2 Å². The SMILES string of the molecule is CCCc1nn(C)c(C(N)=O)c1NC(=O)c1cc(S(=O)(=O)c2ccc(OCC)c(C(=O)Nc3c(CCC)nn(C)c3C(N)=O)c2)ccc1OCC. The van der Waals surface area contributed by atoms with Gasteiger partial charge in [-0.25, -0.2) is 8.42 Å². The number of nitrogens with zero attached hydrogens (tertiary/aromatic N) is 4. The van der Waals surface area contributed by atoms with Crippen LogP contribution in [-0.4, -0.2) is 64.8 Å². The van der Waals surface area contributed by atoms with E-state index in [2.05, 4.69) is 20.8 Å². The molecule has 0 radical (unpaired) electrons. The highest BCUT2D eigenvalue weighted by molar-refractivity contribution is 7.91. The minimum Gasteiger partial charge on any atom is -0.493 e. The molecule has 0 atom stereocenters. The Morgan fingerprint density at radius 3 is 1.37 bits per heavy atom. The zero-order valence-electron chi connectivity index (χ0n) is 29.3. The zero-order valence-corrected chi connectivity index (χ0v) is 30.1. The van der Waals surface area contributed by atoms with Gasteiger partial charge >= 0.3 is 0 Å². The first-order valence-electron chi connectivity index (χ1n) is 16.3. The van der Waals surface area contributed by atoms with Gasteiger partial charge in [0, 0.05) is 14.1 Å². The van der Waals surface area contributed by atoms with Gasteiger partial charge in [0.2, 0.25) is 9.84 Å². The first kappa shape index (κ1) is 38.1. The van der Waals surface area contributed by atoms with Crippen molar-refractivity contribution in [1.82, 2.24) is 19.6 Å². The summed E-state index contributed by atoms with van der Waals surface area (Å²) in [6.45, 7) is 7.55. The second-order valence-electron chi connectivity index (χ2n) is 11.4. The number of aromatic nitrogens is 4. The topological polar surface area (TPSA) is 233 Å². The minimum absolute atomic E-state index is 0.0234. The summed E-state index contributed by atoms with van der Waals surface area (Å²) >= 11 is 0. The fraction of sp³-hybridized carbons (Fsp3) is 0.353. The number of carbonyl (C=O) groups is 4. The summed E-state index contributed by atoms with van der Waals surface area (Å²) in [4.78, 5) is 51.5. The molecule has 0 saturated heterocycles. The number of rotatable bonds is 16. The number of anilines is 2. The zero-order chi connectivity index (χ0) is 37.6. The Morgan fingerprint density at radius 1 is 0.686 bits per heavy atom. The molecule has 2 aromatic carbocycles. The van der Waals surface area contributed by atoms with Gasteiger partial charge in [-0.1, -0.05) is 26.7 Å². The van der Waals surface area contributed by atoms with Gasteiger partial charge in [-0.05, 0) is 63.1 Å². The van der Waals surface area contributed by atoms with Crippen LogP contribution in [0.25, 0.3) is 0 Å². The van der Waals surface area contributed by atoms with Crippen molar-refractivity contribution >= 4 is 44.8 Å². The molecule has 2 heterocycles. The van der Waals surface area contributed by atoms with Crippen molar-refractivity contribution in [2.24, 2.45) is 25.6 Å². The molecule has 51 heavy (non-hydrogen) atoms. The van der Waals surface area contributed by atoms with Crippen LogP contribution >= 0.6 is 0 Å². The number of hydrogen-bond donors (Lipinski definition) is 4. The molecule has 4 rings (SSSR count). The molecule has 17 heteroatoms. The van der Waals surface area contributed by atoms with E-state index in [1.54, 1.807) is 13.8 Å². The second-order valence-corrected chi connectivity index (χ2v) is 13.4. The highest BCUT2D eigenvalue weighted by Crippen LogP contribution is 2.32.